The molecule has 4 amide bonds. The third-order valence-electron chi connectivity index (χ3n) is 6.04. The Morgan fingerprint density at radius 3 is 2.46 bits per heavy atom. The molecule has 28 heavy (non-hydrogen) atoms. The van der Waals surface area contributed by atoms with Gasteiger partial charge in [0, 0.05) is 19.8 Å². The quantitative estimate of drug-likeness (QED) is 0.464. The van der Waals surface area contributed by atoms with Crippen LogP contribution in [0.3, 0.4) is 0 Å². The van der Waals surface area contributed by atoms with E-state index >= 15 is 0 Å². The molecular formula is C21H37N3O4. The molecule has 0 unspecified atom stereocenters. The number of hydrogen-bond donors (Lipinski definition) is 2. The van der Waals surface area contributed by atoms with E-state index < -0.39 is 11.6 Å². The van der Waals surface area contributed by atoms with Crippen LogP contribution in [0.5, 0.6) is 0 Å². The third kappa shape index (κ3) is 5.69. The first-order valence-electron chi connectivity index (χ1n) is 10.7. The Bertz CT molecular complexity index is 562. The zero-order chi connectivity index (χ0) is 20.8. The number of urea groups is 1. The molecule has 0 aromatic rings. The molecule has 1 spiro atoms. The van der Waals surface area contributed by atoms with Crippen molar-refractivity contribution in [2.45, 2.75) is 78.2 Å². The Hall–Kier alpha value is -1.63. The maximum Gasteiger partial charge on any atom is 0.325 e. The second kappa shape index (κ2) is 9.72. The molecule has 2 aliphatic rings. The zero-order valence-electron chi connectivity index (χ0n) is 17.9. The van der Waals surface area contributed by atoms with Gasteiger partial charge in [0.05, 0.1) is 0 Å². The average molecular weight is 396 g/mol. The molecule has 0 aromatic carbocycles. The minimum Gasteiger partial charge on any atom is -0.381 e. The van der Waals surface area contributed by atoms with Crippen LogP contribution in [0, 0.1) is 11.3 Å². The summed E-state index contributed by atoms with van der Waals surface area (Å²) in [6.07, 6.45) is 5.96. The van der Waals surface area contributed by atoms with E-state index in [0.29, 0.717) is 38.3 Å². The van der Waals surface area contributed by atoms with Crippen LogP contribution in [0.4, 0.5) is 4.79 Å². The largest absolute Gasteiger partial charge is 0.381 e. The summed E-state index contributed by atoms with van der Waals surface area (Å²) in [5, 5.41) is 5.65. The molecule has 7 heteroatoms. The number of carbonyl (C=O) groups is 3. The predicted octanol–water partition coefficient (Wildman–Crippen LogP) is 2.84. The highest BCUT2D eigenvalue weighted by Gasteiger charge is 2.53. The van der Waals surface area contributed by atoms with Crippen LogP contribution < -0.4 is 10.6 Å². The standard InChI is InChI=1S/C21H37N3O4/c1-5-6-13-28-14-7-12-22-17(25)15-24-18(26)21(23-19(24)27)10-8-16(9-11-21)20(2,3)4/h16H,5-15H2,1-4H3,(H,22,25)(H,23,27). The van der Waals surface area contributed by atoms with Crippen LogP contribution in [-0.2, 0) is 14.3 Å². The summed E-state index contributed by atoms with van der Waals surface area (Å²) >= 11 is 0. The maximum atomic E-state index is 12.9. The Morgan fingerprint density at radius 2 is 1.86 bits per heavy atom. The van der Waals surface area contributed by atoms with Crippen LogP contribution in [0.2, 0.25) is 0 Å². The van der Waals surface area contributed by atoms with Crippen LogP contribution in [0.25, 0.3) is 0 Å². The van der Waals surface area contributed by atoms with Crippen LogP contribution in [0.1, 0.15) is 72.6 Å². The van der Waals surface area contributed by atoms with Gasteiger partial charge in [0.1, 0.15) is 12.1 Å². The van der Waals surface area contributed by atoms with E-state index in [4.69, 9.17) is 4.74 Å². The summed E-state index contributed by atoms with van der Waals surface area (Å²) in [4.78, 5) is 38.5. The van der Waals surface area contributed by atoms with Gasteiger partial charge in [0.15, 0.2) is 0 Å². The van der Waals surface area contributed by atoms with Crippen molar-refractivity contribution < 1.29 is 19.1 Å². The summed E-state index contributed by atoms with van der Waals surface area (Å²) in [6.45, 7) is 10.4. The van der Waals surface area contributed by atoms with E-state index in [2.05, 4.69) is 38.3 Å². The molecule has 2 fully saturated rings. The Labute approximate surface area is 168 Å². The summed E-state index contributed by atoms with van der Waals surface area (Å²) < 4.78 is 5.45. The first kappa shape index (κ1) is 22.7. The molecule has 1 heterocycles. The monoisotopic (exact) mass is 395 g/mol. The predicted molar refractivity (Wildman–Crippen MR) is 108 cm³/mol. The Kier molecular flexibility index (Phi) is 7.87. The molecule has 0 aromatic heterocycles. The van der Waals surface area contributed by atoms with E-state index in [1.54, 1.807) is 0 Å². The van der Waals surface area contributed by atoms with Crippen molar-refractivity contribution in [1.29, 1.82) is 0 Å². The SMILES string of the molecule is CCCCOCCCNC(=O)CN1C(=O)NC2(CCC(C(C)(C)C)CC2)C1=O. The van der Waals surface area contributed by atoms with Crippen LogP contribution in [-0.4, -0.2) is 54.6 Å². The van der Waals surface area contributed by atoms with Gasteiger partial charge in [-0.1, -0.05) is 34.1 Å². The van der Waals surface area contributed by atoms with Gasteiger partial charge in [-0.3, -0.25) is 14.5 Å². The van der Waals surface area contributed by atoms with Gasteiger partial charge < -0.3 is 15.4 Å². The second-order valence-electron chi connectivity index (χ2n) is 9.21. The lowest BCUT2D eigenvalue weighted by molar-refractivity contribution is -0.136. The summed E-state index contributed by atoms with van der Waals surface area (Å²) in [5.41, 5.74) is -0.612. The topological polar surface area (TPSA) is 87.7 Å². The number of nitrogens with zero attached hydrogens (tertiary/aromatic N) is 1. The minimum absolute atomic E-state index is 0.201. The highest BCUT2D eigenvalue weighted by Crippen LogP contribution is 2.43. The first-order chi connectivity index (χ1) is 13.2. The fourth-order valence-electron chi connectivity index (χ4n) is 4.09. The second-order valence-corrected chi connectivity index (χ2v) is 9.21. The molecule has 0 bridgehead atoms. The molecule has 160 valence electrons. The Morgan fingerprint density at radius 1 is 1.21 bits per heavy atom. The van der Waals surface area contributed by atoms with Gasteiger partial charge in [-0.2, -0.15) is 0 Å². The lowest BCUT2D eigenvalue weighted by Gasteiger charge is -2.40. The molecule has 1 saturated carbocycles. The number of hydrogen-bond acceptors (Lipinski definition) is 4. The van der Waals surface area contributed by atoms with Crippen molar-refractivity contribution in [3.05, 3.63) is 0 Å². The van der Waals surface area contributed by atoms with Gasteiger partial charge >= 0.3 is 6.03 Å². The normalized spacial score (nSPS) is 25.3. The number of imide groups is 1. The minimum atomic E-state index is -0.813. The lowest BCUT2D eigenvalue weighted by atomic mass is 9.67. The van der Waals surface area contributed by atoms with Crippen molar-refractivity contribution >= 4 is 17.8 Å². The fraction of sp³-hybridized carbons (Fsp3) is 0.857. The molecule has 2 rings (SSSR count). The lowest BCUT2D eigenvalue weighted by Crippen LogP contribution is -2.51. The summed E-state index contributed by atoms with van der Waals surface area (Å²) in [7, 11) is 0. The third-order valence-corrected chi connectivity index (χ3v) is 6.04. The molecule has 7 nitrogen and oxygen atoms in total. The molecule has 1 aliphatic carbocycles. The smallest absolute Gasteiger partial charge is 0.325 e. The number of carbonyl (C=O) groups excluding carboxylic acids is 3. The van der Waals surface area contributed by atoms with Gasteiger partial charge in [-0.15, -0.1) is 0 Å². The van der Waals surface area contributed by atoms with E-state index in [0.717, 1.165) is 37.2 Å². The Balaban J connectivity index is 1.77. The molecule has 0 radical (unpaired) electrons. The zero-order valence-corrected chi connectivity index (χ0v) is 17.9. The van der Waals surface area contributed by atoms with Crippen molar-refractivity contribution in [3.63, 3.8) is 0 Å². The van der Waals surface area contributed by atoms with Gasteiger partial charge in [0.2, 0.25) is 5.91 Å². The number of ether oxygens (including phenoxy) is 1. The van der Waals surface area contributed by atoms with E-state index in [1.807, 2.05) is 0 Å². The number of unbranched alkanes of at least 4 members (excludes halogenated alkanes) is 1. The van der Waals surface area contributed by atoms with E-state index in [1.165, 1.54) is 0 Å². The van der Waals surface area contributed by atoms with E-state index in [-0.39, 0.29) is 23.8 Å². The molecule has 1 aliphatic heterocycles. The van der Waals surface area contributed by atoms with Crippen molar-refractivity contribution in [2.75, 3.05) is 26.3 Å². The first-order valence-corrected chi connectivity index (χ1v) is 10.7. The van der Waals surface area contributed by atoms with Crippen LogP contribution >= 0.6 is 0 Å². The molecule has 1 saturated heterocycles. The van der Waals surface area contributed by atoms with Crippen LogP contribution in [0.15, 0.2) is 0 Å². The molecule has 0 atom stereocenters. The summed E-state index contributed by atoms with van der Waals surface area (Å²) in [6, 6.07) is -0.447. The highest BCUT2D eigenvalue weighted by atomic mass is 16.5. The van der Waals surface area contributed by atoms with Gasteiger partial charge in [-0.05, 0) is 49.9 Å². The molecule has 2 N–H and O–H groups in total. The number of rotatable bonds is 9. The number of amides is 4. The summed E-state index contributed by atoms with van der Waals surface area (Å²) in [5.74, 6) is -0.0138. The van der Waals surface area contributed by atoms with Crippen molar-refractivity contribution in [2.24, 2.45) is 11.3 Å². The average Bonchev–Trinajstić information content (AvgIpc) is 2.85. The number of nitrogens with one attached hydrogen (secondary N) is 2. The van der Waals surface area contributed by atoms with E-state index in [9.17, 15) is 14.4 Å². The van der Waals surface area contributed by atoms with Crippen molar-refractivity contribution in [3.8, 4) is 0 Å². The van der Waals surface area contributed by atoms with Crippen molar-refractivity contribution in [1.82, 2.24) is 15.5 Å². The highest BCUT2D eigenvalue weighted by molar-refractivity contribution is 6.09. The van der Waals surface area contributed by atoms with Gasteiger partial charge in [0.25, 0.3) is 5.91 Å². The molecular weight excluding hydrogens is 358 g/mol. The fourth-order valence-corrected chi connectivity index (χ4v) is 4.09. The van der Waals surface area contributed by atoms with Gasteiger partial charge in [-0.25, -0.2) is 4.79 Å². The maximum absolute atomic E-state index is 12.9.